The molecule has 1 aliphatic heterocycles. The summed E-state index contributed by atoms with van der Waals surface area (Å²) in [5, 5.41) is 9.92. The normalized spacial score (nSPS) is 17.9. The molecule has 6 heteroatoms. The number of esters is 1. The fourth-order valence-corrected chi connectivity index (χ4v) is 1.03. The van der Waals surface area contributed by atoms with Crippen LogP contribution in [-0.2, 0) is 19.2 Å². The maximum absolute atomic E-state index is 11.4. The van der Waals surface area contributed by atoms with Crippen LogP contribution in [0, 0.1) is 0 Å². The van der Waals surface area contributed by atoms with Gasteiger partial charge in [-0.1, -0.05) is 0 Å². The number of hydroxylamine groups is 2. The van der Waals surface area contributed by atoms with Gasteiger partial charge in [0.25, 0.3) is 5.54 Å². The van der Waals surface area contributed by atoms with E-state index in [1.165, 1.54) is 19.4 Å². The maximum atomic E-state index is 11.4. The van der Waals surface area contributed by atoms with E-state index in [1.807, 2.05) is 0 Å². The lowest BCUT2D eigenvalue weighted by Gasteiger charge is -2.32. The first-order valence-corrected chi connectivity index (χ1v) is 4.14. The van der Waals surface area contributed by atoms with Gasteiger partial charge < -0.3 is 14.7 Å². The number of rotatable bonds is 3. The van der Waals surface area contributed by atoms with E-state index in [1.54, 1.807) is 12.2 Å². The van der Waals surface area contributed by atoms with Crippen molar-refractivity contribution in [2.45, 2.75) is 12.5 Å². The molecule has 0 aromatic rings. The molecule has 0 fully saturated rings. The lowest BCUT2D eigenvalue weighted by Crippen LogP contribution is -2.56. The molecule has 1 atom stereocenters. The summed E-state index contributed by atoms with van der Waals surface area (Å²) in [5.41, 5.74) is -1.89. The van der Waals surface area contributed by atoms with Gasteiger partial charge in [0.2, 0.25) is 0 Å². The summed E-state index contributed by atoms with van der Waals surface area (Å²) in [6, 6.07) is 0. The van der Waals surface area contributed by atoms with Crippen molar-refractivity contribution < 1.29 is 24.3 Å². The molecule has 1 heterocycles. The molecule has 1 rings (SSSR count). The summed E-state index contributed by atoms with van der Waals surface area (Å²) in [6.07, 6.45) is 5.72. The third-order valence-corrected chi connectivity index (χ3v) is 2.03. The summed E-state index contributed by atoms with van der Waals surface area (Å²) in [5.74, 6) is -2.26. The molecule has 0 saturated carbocycles. The van der Waals surface area contributed by atoms with Crippen LogP contribution in [0.25, 0.3) is 0 Å². The molecule has 1 unspecified atom stereocenters. The predicted octanol–water partition coefficient (Wildman–Crippen LogP) is 0.277. The van der Waals surface area contributed by atoms with Crippen molar-refractivity contribution in [2.75, 3.05) is 7.11 Å². The Morgan fingerprint density at radius 1 is 1.47 bits per heavy atom. The van der Waals surface area contributed by atoms with Crippen molar-refractivity contribution in [3.8, 4) is 0 Å². The number of allylic oxidation sites excluding steroid dienone is 2. The highest BCUT2D eigenvalue weighted by Gasteiger charge is 2.49. The fourth-order valence-electron chi connectivity index (χ4n) is 1.03. The minimum Gasteiger partial charge on any atom is -0.479 e. The van der Waals surface area contributed by atoms with Gasteiger partial charge in [0, 0.05) is 6.20 Å². The Balaban J connectivity index is 3.01. The molecule has 0 aromatic heterocycles. The van der Waals surface area contributed by atoms with Gasteiger partial charge in [-0.2, -0.15) is 5.06 Å². The Kier molecular flexibility index (Phi) is 2.99. The predicted molar refractivity (Wildman–Crippen MR) is 49.3 cm³/mol. The van der Waals surface area contributed by atoms with Gasteiger partial charge in [0.05, 0.1) is 7.11 Å². The number of hydrogen-bond donors (Lipinski definition) is 1. The molecular formula is C9H11NO5. The summed E-state index contributed by atoms with van der Waals surface area (Å²) in [7, 11) is 1.12. The number of carbonyl (C=O) groups is 2. The summed E-state index contributed by atoms with van der Waals surface area (Å²) in [4.78, 5) is 27.3. The smallest absolute Gasteiger partial charge is 0.346 e. The van der Waals surface area contributed by atoms with E-state index in [4.69, 9.17) is 9.94 Å². The van der Waals surface area contributed by atoms with Gasteiger partial charge in [-0.15, -0.1) is 0 Å². The van der Waals surface area contributed by atoms with E-state index >= 15 is 0 Å². The molecule has 0 saturated heterocycles. The molecular weight excluding hydrogens is 202 g/mol. The molecule has 0 aliphatic carbocycles. The number of aliphatic carboxylic acids is 1. The molecule has 1 aliphatic rings. The number of hydrogen-bond acceptors (Lipinski definition) is 5. The number of carboxylic acids is 1. The molecule has 0 spiro atoms. The van der Waals surface area contributed by atoms with Crippen molar-refractivity contribution >= 4 is 11.9 Å². The van der Waals surface area contributed by atoms with Gasteiger partial charge in [-0.25, -0.2) is 9.59 Å². The van der Waals surface area contributed by atoms with Crippen molar-refractivity contribution in [2.24, 2.45) is 0 Å². The molecule has 0 radical (unpaired) electrons. The highest BCUT2D eigenvalue weighted by molar-refractivity contribution is 6.03. The van der Waals surface area contributed by atoms with Crippen LogP contribution in [0.3, 0.4) is 0 Å². The number of methoxy groups -OCH3 is 1. The maximum Gasteiger partial charge on any atom is 0.346 e. The van der Waals surface area contributed by atoms with Crippen LogP contribution in [0.2, 0.25) is 0 Å². The van der Waals surface area contributed by atoms with E-state index in [2.05, 4.69) is 4.74 Å². The van der Waals surface area contributed by atoms with Crippen LogP contribution in [-0.4, -0.2) is 34.8 Å². The second-order valence-corrected chi connectivity index (χ2v) is 2.97. The van der Waals surface area contributed by atoms with E-state index in [-0.39, 0.29) is 0 Å². The van der Waals surface area contributed by atoms with Gasteiger partial charge in [0.1, 0.15) is 6.26 Å². The molecule has 0 amide bonds. The second kappa shape index (κ2) is 4.04. The quantitative estimate of drug-likeness (QED) is 0.536. The first kappa shape index (κ1) is 11.1. The number of ether oxygens (including phenoxy) is 1. The van der Waals surface area contributed by atoms with E-state index < -0.39 is 17.5 Å². The Hall–Kier alpha value is -1.98. The van der Waals surface area contributed by atoms with Gasteiger partial charge >= 0.3 is 11.9 Å². The summed E-state index contributed by atoms with van der Waals surface area (Å²) < 4.78 is 4.43. The molecule has 1 N–H and O–H groups in total. The molecule has 6 nitrogen and oxygen atoms in total. The van der Waals surface area contributed by atoms with Gasteiger partial charge in [0.15, 0.2) is 0 Å². The van der Waals surface area contributed by atoms with Gasteiger partial charge in [-0.05, 0) is 19.1 Å². The van der Waals surface area contributed by atoms with Crippen molar-refractivity contribution in [1.29, 1.82) is 0 Å². The molecule has 15 heavy (non-hydrogen) atoms. The Morgan fingerprint density at radius 3 is 2.53 bits per heavy atom. The number of carboxylic acid groups (broad SMARTS) is 1. The highest BCUT2D eigenvalue weighted by Crippen LogP contribution is 2.20. The SMILES string of the molecule is COC(=O)C(C)(C(=O)O)N1C=CC=CO1. The Bertz CT molecular complexity index is 335. The molecule has 0 aromatic carbocycles. The van der Waals surface area contributed by atoms with E-state index in [0.29, 0.717) is 0 Å². The average molecular weight is 213 g/mol. The fraction of sp³-hybridized carbons (Fsp3) is 0.333. The van der Waals surface area contributed by atoms with Gasteiger partial charge in [-0.3, -0.25) is 0 Å². The standard InChI is InChI=1S/C9H11NO5/c1-9(7(11)12,8(13)14-2)10-5-3-4-6-15-10/h3-6H,1-2H3,(H,11,12). The first-order chi connectivity index (χ1) is 7.03. The van der Waals surface area contributed by atoms with E-state index in [0.717, 1.165) is 12.2 Å². The van der Waals surface area contributed by atoms with E-state index in [9.17, 15) is 9.59 Å². The monoisotopic (exact) mass is 213 g/mol. The van der Waals surface area contributed by atoms with Crippen LogP contribution >= 0.6 is 0 Å². The molecule has 0 bridgehead atoms. The topological polar surface area (TPSA) is 76.1 Å². The average Bonchev–Trinajstić information content (AvgIpc) is 2.27. The number of carbonyl (C=O) groups excluding carboxylic acids is 1. The first-order valence-electron chi connectivity index (χ1n) is 4.14. The minimum atomic E-state index is -1.89. The van der Waals surface area contributed by atoms with Crippen LogP contribution in [0.5, 0.6) is 0 Å². The lowest BCUT2D eigenvalue weighted by molar-refractivity contribution is -0.195. The van der Waals surface area contributed by atoms with Crippen LogP contribution in [0.1, 0.15) is 6.92 Å². The van der Waals surface area contributed by atoms with Crippen LogP contribution < -0.4 is 0 Å². The molecule has 82 valence electrons. The summed E-state index contributed by atoms with van der Waals surface area (Å²) >= 11 is 0. The van der Waals surface area contributed by atoms with Crippen LogP contribution in [0.4, 0.5) is 0 Å². The van der Waals surface area contributed by atoms with Crippen molar-refractivity contribution in [3.63, 3.8) is 0 Å². The zero-order valence-corrected chi connectivity index (χ0v) is 8.34. The second-order valence-electron chi connectivity index (χ2n) is 2.97. The minimum absolute atomic E-state index is 0.907. The van der Waals surface area contributed by atoms with Crippen molar-refractivity contribution in [1.82, 2.24) is 5.06 Å². The Labute approximate surface area is 86.3 Å². The lowest BCUT2D eigenvalue weighted by atomic mass is 10.0. The Morgan fingerprint density at radius 2 is 2.13 bits per heavy atom. The largest absolute Gasteiger partial charge is 0.479 e. The number of nitrogens with zero attached hydrogens (tertiary/aromatic N) is 1. The zero-order valence-electron chi connectivity index (χ0n) is 8.34. The highest BCUT2D eigenvalue weighted by atomic mass is 16.7. The third kappa shape index (κ3) is 1.78. The van der Waals surface area contributed by atoms with Crippen LogP contribution in [0.15, 0.2) is 24.6 Å². The third-order valence-electron chi connectivity index (χ3n) is 2.03. The van der Waals surface area contributed by atoms with Crippen molar-refractivity contribution in [3.05, 3.63) is 24.6 Å². The zero-order chi connectivity index (χ0) is 11.5. The summed E-state index contributed by atoms with van der Waals surface area (Å²) in [6.45, 7) is 1.20.